The first-order valence-electron chi connectivity index (χ1n) is 7.44. The smallest absolute Gasteiger partial charge is 0.127 e. The molecule has 2 aromatic rings. The molecule has 5 heteroatoms. The summed E-state index contributed by atoms with van der Waals surface area (Å²) in [6.07, 6.45) is 1.14. The van der Waals surface area contributed by atoms with Crippen molar-refractivity contribution >= 4 is 34.2 Å². The number of rotatable bonds is 6. The Kier molecular flexibility index (Phi) is 5.53. The number of halogens is 2. The van der Waals surface area contributed by atoms with Crippen LogP contribution in [0.3, 0.4) is 0 Å². The molecule has 1 aromatic carbocycles. The fraction of sp³-hybridized carbons (Fsp3) is 0.562. The van der Waals surface area contributed by atoms with Crippen LogP contribution in [-0.4, -0.2) is 34.1 Å². The third-order valence-corrected chi connectivity index (χ3v) is 4.63. The molecular formula is C16H23Cl2N3. The van der Waals surface area contributed by atoms with E-state index in [-0.39, 0.29) is 5.38 Å². The van der Waals surface area contributed by atoms with E-state index in [1.165, 1.54) is 0 Å². The third kappa shape index (κ3) is 3.53. The van der Waals surface area contributed by atoms with Gasteiger partial charge in [-0.1, -0.05) is 24.6 Å². The van der Waals surface area contributed by atoms with Crippen molar-refractivity contribution < 1.29 is 0 Å². The van der Waals surface area contributed by atoms with E-state index in [0.717, 1.165) is 36.4 Å². The first-order chi connectivity index (χ1) is 9.95. The molecule has 2 atom stereocenters. The van der Waals surface area contributed by atoms with Gasteiger partial charge >= 0.3 is 0 Å². The van der Waals surface area contributed by atoms with Crippen LogP contribution in [0.1, 0.15) is 38.4 Å². The van der Waals surface area contributed by atoms with Gasteiger partial charge in [0.1, 0.15) is 11.3 Å². The molecule has 0 N–H and O–H groups in total. The van der Waals surface area contributed by atoms with Gasteiger partial charge in [-0.05, 0) is 39.4 Å². The zero-order valence-electron chi connectivity index (χ0n) is 13.1. The van der Waals surface area contributed by atoms with E-state index in [2.05, 4.69) is 41.4 Å². The van der Waals surface area contributed by atoms with Crippen LogP contribution in [-0.2, 0) is 6.54 Å². The zero-order valence-corrected chi connectivity index (χ0v) is 14.6. The Bertz CT molecular complexity index is 607. The quantitative estimate of drug-likeness (QED) is 0.716. The summed E-state index contributed by atoms with van der Waals surface area (Å²) in [5.41, 5.74) is 1.90. The Morgan fingerprint density at radius 2 is 2.05 bits per heavy atom. The second-order valence-electron chi connectivity index (χ2n) is 5.58. The molecule has 3 nitrogen and oxygen atoms in total. The molecule has 1 aromatic heterocycles. The van der Waals surface area contributed by atoms with E-state index in [0.29, 0.717) is 11.1 Å². The van der Waals surface area contributed by atoms with E-state index >= 15 is 0 Å². The maximum absolute atomic E-state index is 6.30. The van der Waals surface area contributed by atoms with E-state index < -0.39 is 0 Å². The molecule has 2 rings (SSSR count). The molecule has 116 valence electrons. The SMILES string of the molecule is CCC(C)N(C)CCn1c(C(C)Cl)nc2c(Cl)cccc21. The number of para-hydroxylation sites is 1. The number of hydrogen-bond donors (Lipinski definition) is 0. The van der Waals surface area contributed by atoms with Crippen LogP contribution in [0.5, 0.6) is 0 Å². The van der Waals surface area contributed by atoms with Gasteiger partial charge in [0, 0.05) is 19.1 Å². The summed E-state index contributed by atoms with van der Waals surface area (Å²) in [5.74, 6) is 0.886. The van der Waals surface area contributed by atoms with Gasteiger partial charge in [-0.3, -0.25) is 0 Å². The van der Waals surface area contributed by atoms with Gasteiger partial charge in [0.15, 0.2) is 0 Å². The molecule has 0 bridgehead atoms. The van der Waals surface area contributed by atoms with Crippen molar-refractivity contribution in [3.8, 4) is 0 Å². The number of benzene rings is 1. The maximum Gasteiger partial charge on any atom is 0.127 e. The van der Waals surface area contributed by atoms with Gasteiger partial charge in [-0.2, -0.15) is 0 Å². The summed E-state index contributed by atoms with van der Waals surface area (Å²) in [7, 11) is 2.16. The molecule has 0 spiro atoms. The van der Waals surface area contributed by atoms with E-state index in [4.69, 9.17) is 23.2 Å². The van der Waals surface area contributed by atoms with Gasteiger partial charge in [0.2, 0.25) is 0 Å². The predicted octanol–water partition coefficient (Wildman–Crippen LogP) is 4.72. The first kappa shape index (κ1) is 16.6. The number of hydrogen-bond acceptors (Lipinski definition) is 2. The van der Waals surface area contributed by atoms with Gasteiger partial charge in [0.05, 0.1) is 15.9 Å². The maximum atomic E-state index is 6.30. The zero-order chi connectivity index (χ0) is 15.6. The molecular weight excluding hydrogens is 305 g/mol. The van der Waals surface area contributed by atoms with Crippen LogP contribution in [0.25, 0.3) is 11.0 Å². The number of nitrogens with zero attached hydrogens (tertiary/aromatic N) is 3. The Labute approximate surface area is 136 Å². The predicted molar refractivity (Wildman–Crippen MR) is 91.4 cm³/mol. The van der Waals surface area contributed by atoms with Gasteiger partial charge < -0.3 is 9.47 Å². The highest BCUT2D eigenvalue weighted by molar-refractivity contribution is 6.35. The molecule has 0 aliphatic rings. The van der Waals surface area contributed by atoms with Crippen LogP contribution >= 0.6 is 23.2 Å². The van der Waals surface area contributed by atoms with Crippen molar-refractivity contribution in [3.63, 3.8) is 0 Å². The molecule has 21 heavy (non-hydrogen) atoms. The highest BCUT2D eigenvalue weighted by Crippen LogP contribution is 2.28. The summed E-state index contributed by atoms with van der Waals surface area (Å²) in [6, 6.07) is 6.46. The Hall–Kier alpha value is -0.770. The topological polar surface area (TPSA) is 21.1 Å². The standard InChI is InChI=1S/C16H23Cl2N3/c1-5-11(2)20(4)9-10-21-14-8-6-7-13(18)15(14)19-16(21)12(3)17/h6-8,11-12H,5,9-10H2,1-4H3. The summed E-state index contributed by atoms with van der Waals surface area (Å²) in [5, 5.41) is 0.544. The van der Waals surface area contributed by atoms with E-state index in [1.807, 2.05) is 19.1 Å². The molecule has 0 aliphatic heterocycles. The van der Waals surface area contributed by atoms with Crippen molar-refractivity contribution in [2.45, 2.75) is 45.2 Å². The lowest BCUT2D eigenvalue weighted by Crippen LogP contribution is -2.31. The molecule has 0 saturated carbocycles. The van der Waals surface area contributed by atoms with Gasteiger partial charge in [-0.15, -0.1) is 11.6 Å². The molecule has 1 heterocycles. The van der Waals surface area contributed by atoms with Crippen LogP contribution in [0.2, 0.25) is 5.02 Å². The van der Waals surface area contributed by atoms with Crippen LogP contribution in [0, 0.1) is 0 Å². The number of alkyl halides is 1. The number of imidazole rings is 1. The van der Waals surface area contributed by atoms with Gasteiger partial charge in [0.25, 0.3) is 0 Å². The minimum atomic E-state index is -0.137. The van der Waals surface area contributed by atoms with Crippen LogP contribution < -0.4 is 0 Å². The van der Waals surface area contributed by atoms with E-state index in [1.54, 1.807) is 0 Å². The summed E-state index contributed by atoms with van der Waals surface area (Å²) in [6.45, 7) is 8.23. The monoisotopic (exact) mass is 327 g/mol. The fourth-order valence-corrected chi connectivity index (χ4v) is 2.84. The van der Waals surface area contributed by atoms with Crippen molar-refractivity contribution in [2.75, 3.05) is 13.6 Å². The normalized spacial score (nSPS) is 14.8. The lowest BCUT2D eigenvalue weighted by Gasteiger charge is -2.24. The lowest BCUT2D eigenvalue weighted by atomic mass is 10.2. The largest absolute Gasteiger partial charge is 0.325 e. The second kappa shape index (κ2) is 6.99. The van der Waals surface area contributed by atoms with Crippen molar-refractivity contribution in [2.24, 2.45) is 0 Å². The molecule has 0 fully saturated rings. The number of aromatic nitrogens is 2. The molecule has 2 unspecified atom stereocenters. The number of likely N-dealkylation sites (N-methyl/N-ethyl adjacent to an activating group) is 1. The molecule has 0 radical (unpaired) electrons. The van der Waals surface area contributed by atoms with Crippen molar-refractivity contribution in [1.82, 2.24) is 14.5 Å². The molecule has 0 amide bonds. The summed E-state index contributed by atoms with van der Waals surface area (Å²) < 4.78 is 2.19. The second-order valence-corrected chi connectivity index (χ2v) is 6.64. The average Bonchev–Trinajstić information content (AvgIpc) is 2.84. The van der Waals surface area contributed by atoms with Crippen LogP contribution in [0.4, 0.5) is 0 Å². The highest BCUT2D eigenvalue weighted by Gasteiger charge is 2.17. The number of fused-ring (bicyclic) bond motifs is 1. The summed E-state index contributed by atoms with van der Waals surface area (Å²) in [4.78, 5) is 7.00. The Balaban J connectivity index is 2.33. The Morgan fingerprint density at radius 1 is 1.33 bits per heavy atom. The molecule has 0 saturated heterocycles. The minimum Gasteiger partial charge on any atom is -0.325 e. The first-order valence-corrected chi connectivity index (χ1v) is 8.26. The van der Waals surface area contributed by atoms with E-state index in [9.17, 15) is 0 Å². The minimum absolute atomic E-state index is 0.137. The average molecular weight is 328 g/mol. The lowest BCUT2D eigenvalue weighted by molar-refractivity contribution is 0.242. The third-order valence-electron chi connectivity index (χ3n) is 4.13. The van der Waals surface area contributed by atoms with Crippen molar-refractivity contribution in [3.05, 3.63) is 29.0 Å². The van der Waals surface area contributed by atoms with Crippen molar-refractivity contribution in [1.29, 1.82) is 0 Å². The Morgan fingerprint density at radius 3 is 2.67 bits per heavy atom. The highest BCUT2D eigenvalue weighted by atomic mass is 35.5. The van der Waals surface area contributed by atoms with Gasteiger partial charge in [-0.25, -0.2) is 4.98 Å². The fourth-order valence-electron chi connectivity index (χ4n) is 2.46. The molecule has 0 aliphatic carbocycles. The van der Waals surface area contributed by atoms with Crippen LogP contribution in [0.15, 0.2) is 18.2 Å². The summed E-state index contributed by atoms with van der Waals surface area (Å²) >= 11 is 12.6.